The van der Waals surface area contributed by atoms with Crippen molar-refractivity contribution in [2.45, 2.75) is 26.2 Å². The lowest BCUT2D eigenvalue weighted by atomic mass is 9.96. The van der Waals surface area contributed by atoms with Gasteiger partial charge in [-0.2, -0.15) is 0 Å². The van der Waals surface area contributed by atoms with Gasteiger partial charge >= 0.3 is 0 Å². The van der Waals surface area contributed by atoms with Crippen LogP contribution in [0.25, 0.3) is 0 Å². The lowest BCUT2D eigenvalue weighted by Gasteiger charge is -2.13. The van der Waals surface area contributed by atoms with Crippen molar-refractivity contribution in [3.63, 3.8) is 0 Å². The molecule has 0 bridgehead atoms. The van der Waals surface area contributed by atoms with E-state index in [-0.39, 0.29) is 37.0 Å². The zero-order valence-corrected chi connectivity index (χ0v) is 7.69. The quantitative estimate of drug-likeness (QED) is 0.722. The van der Waals surface area contributed by atoms with Gasteiger partial charge in [-0.15, -0.1) is 0 Å². The van der Waals surface area contributed by atoms with Crippen LogP contribution in [-0.2, 0) is 0 Å². The molecule has 0 aromatic rings. The molecule has 0 heterocycles. The molecule has 0 amide bonds. The molecule has 1 aliphatic carbocycles. The second-order valence-corrected chi connectivity index (χ2v) is 3.51. The Balaban J connectivity index is 2.66. The molecule has 1 atom stereocenters. The summed E-state index contributed by atoms with van der Waals surface area (Å²) in [6.45, 7) is 1.81. The molecule has 1 aliphatic rings. The van der Waals surface area contributed by atoms with Crippen molar-refractivity contribution in [3.8, 4) is 0 Å². The van der Waals surface area contributed by atoms with Crippen LogP contribution < -0.4 is 0 Å². The summed E-state index contributed by atoms with van der Waals surface area (Å²) in [4.78, 5) is 0. The first-order chi connectivity index (χ1) is 6.13. The summed E-state index contributed by atoms with van der Waals surface area (Å²) in [6.07, 6.45) is 2.00. The fourth-order valence-electron chi connectivity index (χ4n) is 1.34. The Bertz CT molecular complexity index is 243. The summed E-state index contributed by atoms with van der Waals surface area (Å²) in [6, 6.07) is 0. The van der Waals surface area contributed by atoms with E-state index in [1.807, 2.05) is 0 Å². The van der Waals surface area contributed by atoms with Gasteiger partial charge in [0.15, 0.2) is 0 Å². The van der Waals surface area contributed by atoms with Crippen molar-refractivity contribution in [3.05, 3.63) is 23.3 Å². The SMILES string of the molecule is CC(CO)CC1=C(F)CCC(F)=C1. The van der Waals surface area contributed by atoms with Gasteiger partial charge in [-0.3, -0.25) is 0 Å². The minimum Gasteiger partial charge on any atom is -0.396 e. The number of hydrogen-bond acceptors (Lipinski definition) is 1. The lowest BCUT2D eigenvalue weighted by molar-refractivity contribution is 0.236. The van der Waals surface area contributed by atoms with Crippen LogP contribution in [0.3, 0.4) is 0 Å². The molecule has 1 unspecified atom stereocenters. The number of hydrogen-bond donors (Lipinski definition) is 1. The maximum atomic E-state index is 13.1. The van der Waals surface area contributed by atoms with Gasteiger partial charge in [0, 0.05) is 19.4 Å². The van der Waals surface area contributed by atoms with E-state index in [0.29, 0.717) is 12.0 Å². The molecule has 0 aliphatic heterocycles. The fourth-order valence-corrected chi connectivity index (χ4v) is 1.34. The van der Waals surface area contributed by atoms with Gasteiger partial charge in [-0.1, -0.05) is 6.92 Å². The normalized spacial score (nSPS) is 20.2. The third-order valence-electron chi connectivity index (χ3n) is 2.14. The van der Waals surface area contributed by atoms with Crippen LogP contribution in [0.15, 0.2) is 23.3 Å². The summed E-state index contributed by atoms with van der Waals surface area (Å²) >= 11 is 0. The summed E-state index contributed by atoms with van der Waals surface area (Å²) in [7, 11) is 0. The second-order valence-electron chi connectivity index (χ2n) is 3.51. The maximum absolute atomic E-state index is 13.1. The zero-order valence-electron chi connectivity index (χ0n) is 7.69. The van der Waals surface area contributed by atoms with Crippen LogP contribution in [0.1, 0.15) is 26.2 Å². The molecule has 0 radical (unpaired) electrons. The molecular formula is C10H14F2O. The van der Waals surface area contributed by atoms with E-state index in [4.69, 9.17) is 5.11 Å². The summed E-state index contributed by atoms with van der Waals surface area (Å²) in [5.41, 5.74) is 0.408. The van der Waals surface area contributed by atoms with Crippen LogP contribution in [-0.4, -0.2) is 11.7 Å². The van der Waals surface area contributed by atoms with Gasteiger partial charge in [0.05, 0.1) is 0 Å². The Morgan fingerprint density at radius 2 is 2.15 bits per heavy atom. The molecule has 1 rings (SSSR count). The van der Waals surface area contributed by atoms with Crippen LogP contribution in [0.2, 0.25) is 0 Å². The number of aliphatic hydroxyl groups excluding tert-OH is 1. The average Bonchev–Trinajstić information content (AvgIpc) is 2.11. The van der Waals surface area contributed by atoms with Crippen LogP contribution in [0.5, 0.6) is 0 Å². The molecule has 74 valence electrons. The fraction of sp³-hybridized carbons (Fsp3) is 0.600. The number of halogens is 2. The van der Waals surface area contributed by atoms with Crippen LogP contribution >= 0.6 is 0 Å². The Kier molecular flexibility index (Phi) is 3.60. The van der Waals surface area contributed by atoms with Gasteiger partial charge in [0.2, 0.25) is 0 Å². The van der Waals surface area contributed by atoms with Gasteiger partial charge < -0.3 is 5.11 Å². The molecule has 0 saturated carbocycles. The lowest BCUT2D eigenvalue weighted by Crippen LogP contribution is -2.04. The van der Waals surface area contributed by atoms with E-state index in [1.165, 1.54) is 6.08 Å². The van der Waals surface area contributed by atoms with Gasteiger partial charge in [-0.05, 0) is 24.0 Å². The van der Waals surface area contributed by atoms with Crippen molar-refractivity contribution < 1.29 is 13.9 Å². The molecule has 1 N–H and O–H groups in total. The smallest absolute Gasteiger partial charge is 0.104 e. The van der Waals surface area contributed by atoms with E-state index < -0.39 is 0 Å². The second kappa shape index (κ2) is 4.51. The highest BCUT2D eigenvalue weighted by molar-refractivity contribution is 5.28. The van der Waals surface area contributed by atoms with E-state index in [0.717, 1.165) is 0 Å². The van der Waals surface area contributed by atoms with Crippen LogP contribution in [0.4, 0.5) is 8.78 Å². The highest BCUT2D eigenvalue weighted by Crippen LogP contribution is 2.29. The largest absolute Gasteiger partial charge is 0.396 e. The molecule has 0 aromatic heterocycles. The molecule has 0 saturated heterocycles. The van der Waals surface area contributed by atoms with Crippen LogP contribution in [0, 0.1) is 5.92 Å². The zero-order chi connectivity index (χ0) is 9.84. The third kappa shape index (κ3) is 2.92. The van der Waals surface area contributed by atoms with E-state index in [2.05, 4.69) is 0 Å². The molecular weight excluding hydrogens is 174 g/mol. The minimum atomic E-state index is -0.262. The number of aliphatic hydroxyl groups is 1. The number of rotatable bonds is 3. The molecule has 3 heteroatoms. The molecule has 13 heavy (non-hydrogen) atoms. The standard InChI is InChI=1S/C10H14F2O/c1-7(6-13)4-8-5-9(11)2-3-10(8)12/h5,7,13H,2-4,6H2,1H3. The summed E-state index contributed by atoms with van der Waals surface area (Å²) in [5, 5.41) is 8.76. The van der Waals surface area contributed by atoms with Crippen molar-refractivity contribution in [2.75, 3.05) is 6.61 Å². The topological polar surface area (TPSA) is 20.2 Å². The maximum Gasteiger partial charge on any atom is 0.104 e. The Morgan fingerprint density at radius 3 is 2.77 bits per heavy atom. The highest BCUT2D eigenvalue weighted by atomic mass is 19.1. The Hall–Kier alpha value is -0.700. The molecule has 0 spiro atoms. The van der Waals surface area contributed by atoms with Crippen molar-refractivity contribution >= 4 is 0 Å². The van der Waals surface area contributed by atoms with Gasteiger partial charge in [0.25, 0.3) is 0 Å². The number of allylic oxidation sites excluding steroid dienone is 4. The van der Waals surface area contributed by atoms with E-state index >= 15 is 0 Å². The first kappa shape index (κ1) is 10.4. The molecule has 1 nitrogen and oxygen atoms in total. The average molecular weight is 188 g/mol. The first-order valence-corrected chi connectivity index (χ1v) is 4.48. The van der Waals surface area contributed by atoms with E-state index in [9.17, 15) is 8.78 Å². The molecule has 0 fully saturated rings. The third-order valence-corrected chi connectivity index (χ3v) is 2.14. The van der Waals surface area contributed by atoms with Gasteiger partial charge in [0.1, 0.15) is 11.7 Å². The summed E-state index contributed by atoms with van der Waals surface area (Å²) < 4.78 is 25.9. The highest BCUT2D eigenvalue weighted by Gasteiger charge is 2.15. The summed E-state index contributed by atoms with van der Waals surface area (Å²) in [5.74, 6) is -0.508. The monoisotopic (exact) mass is 188 g/mol. The van der Waals surface area contributed by atoms with Crippen molar-refractivity contribution in [1.82, 2.24) is 0 Å². The first-order valence-electron chi connectivity index (χ1n) is 4.48. The van der Waals surface area contributed by atoms with E-state index in [1.54, 1.807) is 6.92 Å². The van der Waals surface area contributed by atoms with Gasteiger partial charge in [-0.25, -0.2) is 8.78 Å². The Labute approximate surface area is 76.8 Å². The molecule has 0 aromatic carbocycles. The predicted octanol–water partition coefficient (Wildman–Crippen LogP) is 2.88. The Morgan fingerprint density at radius 1 is 1.46 bits per heavy atom. The van der Waals surface area contributed by atoms with Crippen molar-refractivity contribution in [1.29, 1.82) is 0 Å². The minimum absolute atomic E-state index is 0.00619. The predicted molar refractivity (Wildman–Crippen MR) is 47.4 cm³/mol. The van der Waals surface area contributed by atoms with Crippen molar-refractivity contribution in [2.24, 2.45) is 5.92 Å².